The summed E-state index contributed by atoms with van der Waals surface area (Å²) in [7, 11) is 0. The molecule has 3 nitrogen and oxygen atoms in total. The zero-order valence-corrected chi connectivity index (χ0v) is 13.5. The molecular weight excluding hydrogens is 361 g/mol. The summed E-state index contributed by atoms with van der Waals surface area (Å²) in [6, 6.07) is 9.82. The number of benzene rings is 2. The van der Waals surface area contributed by atoms with Gasteiger partial charge in [-0.15, -0.1) is 0 Å². The molecule has 2 aromatic carbocycles. The summed E-state index contributed by atoms with van der Waals surface area (Å²) in [6.45, 7) is 0. The molecule has 1 aliphatic heterocycles. The molecule has 0 aromatic heterocycles. The van der Waals surface area contributed by atoms with Gasteiger partial charge in [0.05, 0.1) is 16.2 Å². The maximum Gasteiger partial charge on any atom is 0.416 e. The fourth-order valence-electron chi connectivity index (χ4n) is 2.06. The van der Waals surface area contributed by atoms with Gasteiger partial charge in [-0.2, -0.15) is 13.2 Å². The third-order valence-corrected chi connectivity index (χ3v) is 4.51. The summed E-state index contributed by atoms with van der Waals surface area (Å²) in [5.41, 5.74) is 0.122. The molecule has 1 heterocycles. The molecule has 124 valence electrons. The smallest absolute Gasteiger partial charge is 0.360 e. The second-order valence-corrected chi connectivity index (χ2v) is 6.45. The highest BCUT2D eigenvalue weighted by Gasteiger charge is 2.30. The van der Waals surface area contributed by atoms with Crippen molar-refractivity contribution < 1.29 is 18.0 Å². The van der Waals surface area contributed by atoms with Crippen molar-refractivity contribution in [3.8, 4) is 0 Å². The summed E-state index contributed by atoms with van der Waals surface area (Å²) in [5, 5.41) is 5.96. The number of alkyl halides is 3. The molecule has 0 saturated heterocycles. The lowest BCUT2D eigenvalue weighted by atomic mass is 10.2. The highest BCUT2D eigenvalue weighted by atomic mass is 35.5. The van der Waals surface area contributed by atoms with Crippen LogP contribution in [0.15, 0.2) is 58.5 Å². The Labute approximate surface area is 144 Å². The number of amides is 1. The van der Waals surface area contributed by atoms with Gasteiger partial charge < -0.3 is 10.6 Å². The highest BCUT2D eigenvalue weighted by Crippen LogP contribution is 2.39. The first-order valence-electron chi connectivity index (χ1n) is 6.76. The van der Waals surface area contributed by atoms with Crippen molar-refractivity contribution in [1.82, 2.24) is 0 Å². The minimum absolute atomic E-state index is 0.239. The molecule has 0 aliphatic carbocycles. The zero-order chi connectivity index (χ0) is 17.3. The van der Waals surface area contributed by atoms with Crippen LogP contribution in [0.1, 0.15) is 5.56 Å². The molecule has 24 heavy (non-hydrogen) atoms. The number of hydrogen-bond acceptors (Lipinski definition) is 3. The van der Waals surface area contributed by atoms with E-state index in [-0.39, 0.29) is 11.6 Å². The van der Waals surface area contributed by atoms with Crippen molar-refractivity contribution in [2.75, 3.05) is 10.6 Å². The largest absolute Gasteiger partial charge is 0.416 e. The summed E-state index contributed by atoms with van der Waals surface area (Å²) in [4.78, 5) is 13.1. The van der Waals surface area contributed by atoms with Crippen LogP contribution in [0.25, 0.3) is 0 Å². The predicted octanol–water partition coefficient (Wildman–Crippen LogP) is 5.36. The van der Waals surface area contributed by atoms with Crippen molar-refractivity contribution >= 4 is 40.6 Å². The van der Waals surface area contributed by atoms with Gasteiger partial charge in [0.25, 0.3) is 5.91 Å². The fraction of sp³-hybridized carbons (Fsp3) is 0.0625. The number of nitrogens with one attached hydrogen (secondary N) is 2. The number of anilines is 2. The minimum atomic E-state index is -4.42. The summed E-state index contributed by atoms with van der Waals surface area (Å²) < 4.78 is 38.1. The van der Waals surface area contributed by atoms with Crippen molar-refractivity contribution in [3.05, 3.63) is 64.2 Å². The Balaban J connectivity index is 1.81. The molecule has 0 fully saturated rings. The molecule has 0 atom stereocenters. The molecule has 2 aromatic rings. The Morgan fingerprint density at radius 2 is 1.96 bits per heavy atom. The first-order chi connectivity index (χ1) is 11.3. The number of fused-ring (bicyclic) bond motifs is 1. The van der Waals surface area contributed by atoms with Gasteiger partial charge in [0, 0.05) is 21.8 Å². The van der Waals surface area contributed by atoms with Crippen LogP contribution in [-0.4, -0.2) is 5.91 Å². The van der Waals surface area contributed by atoms with Gasteiger partial charge >= 0.3 is 6.18 Å². The van der Waals surface area contributed by atoms with E-state index in [9.17, 15) is 18.0 Å². The molecule has 0 radical (unpaired) electrons. The van der Waals surface area contributed by atoms with Crippen LogP contribution in [-0.2, 0) is 11.0 Å². The maximum atomic E-state index is 12.7. The van der Waals surface area contributed by atoms with Crippen molar-refractivity contribution in [2.45, 2.75) is 11.1 Å². The average molecular weight is 371 g/mol. The Morgan fingerprint density at radius 1 is 1.17 bits per heavy atom. The molecular formula is C16H10ClF3N2OS. The maximum absolute atomic E-state index is 12.7. The van der Waals surface area contributed by atoms with Gasteiger partial charge in [0.2, 0.25) is 0 Å². The standard InChI is InChI=1S/C16H10ClF3N2OS/c17-10-4-5-12-13(7-10)24-14(15(23)22-12)8-21-11-3-1-2-9(6-11)16(18,19)20/h1-8,21H,(H,22,23)/b14-8-. The van der Waals surface area contributed by atoms with Gasteiger partial charge in [-0.25, -0.2) is 0 Å². The van der Waals surface area contributed by atoms with E-state index in [1.165, 1.54) is 30.1 Å². The topological polar surface area (TPSA) is 41.1 Å². The van der Waals surface area contributed by atoms with E-state index >= 15 is 0 Å². The molecule has 0 saturated carbocycles. The lowest BCUT2D eigenvalue weighted by Gasteiger charge is -2.18. The fourth-order valence-corrected chi connectivity index (χ4v) is 3.21. The summed E-state index contributed by atoms with van der Waals surface area (Å²) >= 11 is 7.11. The Bertz CT molecular complexity index is 836. The van der Waals surface area contributed by atoms with Crippen LogP contribution >= 0.6 is 23.4 Å². The van der Waals surface area contributed by atoms with Gasteiger partial charge in [-0.1, -0.05) is 29.4 Å². The molecule has 3 rings (SSSR count). The number of hydrogen-bond donors (Lipinski definition) is 2. The van der Waals surface area contributed by atoms with Gasteiger partial charge in [-0.3, -0.25) is 4.79 Å². The zero-order valence-electron chi connectivity index (χ0n) is 11.9. The third kappa shape index (κ3) is 3.68. The molecule has 2 N–H and O–H groups in total. The van der Waals surface area contributed by atoms with E-state index in [0.29, 0.717) is 15.6 Å². The Kier molecular flexibility index (Phi) is 4.47. The summed E-state index contributed by atoms with van der Waals surface area (Å²) in [5.74, 6) is -0.339. The van der Waals surface area contributed by atoms with Crippen molar-refractivity contribution in [3.63, 3.8) is 0 Å². The Hall–Kier alpha value is -2.12. The van der Waals surface area contributed by atoms with E-state index in [2.05, 4.69) is 10.6 Å². The van der Waals surface area contributed by atoms with Crippen LogP contribution < -0.4 is 10.6 Å². The van der Waals surface area contributed by atoms with E-state index in [1.54, 1.807) is 18.2 Å². The average Bonchev–Trinajstić information content (AvgIpc) is 2.53. The lowest BCUT2D eigenvalue weighted by molar-refractivity contribution is -0.137. The van der Waals surface area contributed by atoms with E-state index in [1.807, 2.05) is 0 Å². The Morgan fingerprint density at radius 3 is 2.71 bits per heavy atom. The molecule has 0 spiro atoms. The number of rotatable bonds is 2. The van der Waals surface area contributed by atoms with Crippen LogP contribution in [0.5, 0.6) is 0 Å². The van der Waals surface area contributed by atoms with Crippen molar-refractivity contribution in [2.24, 2.45) is 0 Å². The van der Waals surface area contributed by atoms with Crippen LogP contribution in [0.4, 0.5) is 24.5 Å². The van der Waals surface area contributed by atoms with Crippen molar-refractivity contribution in [1.29, 1.82) is 0 Å². The van der Waals surface area contributed by atoms with E-state index in [0.717, 1.165) is 17.0 Å². The highest BCUT2D eigenvalue weighted by molar-refractivity contribution is 8.04. The van der Waals surface area contributed by atoms with Gasteiger partial charge in [0.1, 0.15) is 0 Å². The molecule has 1 amide bonds. The number of carbonyl (C=O) groups is 1. The summed E-state index contributed by atoms with van der Waals surface area (Å²) in [6.07, 6.45) is -3.04. The molecule has 8 heteroatoms. The van der Waals surface area contributed by atoms with Gasteiger partial charge in [-0.05, 0) is 36.4 Å². The SMILES string of the molecule is O=C1Nc2ccc(Cl)cc2S/C1=C\Nc1cccc(C(F)(F)F)c1. The van der Waals surface area contributed by atoms with Crippen LogP contribution in [0, 0.1) is 0 Å². The second kappa shape index (κ2) is 6.41. The third-order valence-electron chi connectivity index (χ3n) is 3.20. The number of halogens is 4. The normalized spacial score (nSPS) is 15.8. The molecule has 0 bridgehead atoms. The number of carbonyl (C=O) groups excluding carboxylic acids is 1. The quantitative estimate of drug-likeness (QED) is 0.699. The first kappa shape index (κ1) is 16.7. The van der Waals surface area contributed by atoms with E-state index in [4.69, 9.17) is 11.6 Å². The van der Waals surface area contributed by atoms with E-state index < -0.39 is 11.7 Å². The first-order valence-corrected chi connectivity index (χ1v) is 7.95. The second-order valence-electron chi connectivity index (χ2n) is 4.93. The minimum Gasteiger partial charge on any atom is -0.360 e. The number of thioether (sulfide) groups is 1. The lowest BCUT2D eigenvalue weighted by Crippen LogP contribution is -2.18. The van der Waals surface area contributed by atoms with Crippen LogP contribution in [0.2, 0.25) is 5.02 Å². The van der Waals surface area contributed by atoms with Gasteiger partial charge in [0.15, 0.2) is 0 Å². The predicted molar refractivity (Wildman–Crippen MR) is 89.1 cm³/mol. The van der Waals surface area contributed by atoms with Crippen LogP contribution in [0.3, 0.4) is 0 Å². The molecule has 1 aliphatic rings. The molecule has 0 unspecified atom stereocenters. The monoisotopic (exact) mass is 370 g/mol.